The topological polar surface area (TPSA) is 38.7 Å². The predicted octanol–water partition coefficient (Wildman–Crippen LogP) is 13.3. The molecule has 0 N–H and O–H groups in total. The molecule has 0 bridgehead atoms. The first kappa shape index (κ1) is 32.7. The van der Waals surface area contributed by atoms with Gasteiger partial charge in [-0.15, -0.1) is 0 Å². The molecule has 1 aliphatic carbocycles. The minimum Gasteiger partial charge on any atom is -0.264 e. The van der Waals surface area contributed by atoms with Gasteiger partial charge in [-0.05, 0) is 79.0 Å². The number of aromatic nitrogens is 3. The largest absolute Gasteiger partial charge is 0.264 e. The van der Waals surface area contributed by atoms with Gasteiger partial charge in [-0.3, -0.25) is 4.98 Å². The maximum absolute atomic E-state index is 5.21. The van der Waals surface area contributed by atoms with E-state index in [0.29, 0.717) is 5.82 Å². The first-order valence-electron chi connectivity index (χ1n) is 18.8. The lowest BCUT2D eigenvalue weighted by atomic mass is 9.82. The van der Waals surface area contributed by atoms with Crippen molar-refractivity contribution in [3.8, 4) is 78.4 Å². The van der Waals surface area contributed by atoms with E-state index in [2.05, 4.69) is 170 Å². The first-order valence-corrected chi connectivity index (χ1v) is 18.8. The van der Waals surface area contributed by atoms with E-state index in [-0.39, 0.29) is 5.41 Å². The highest BCUT2D eigenvalue weighted by Crippen LogP contribution is 2.52. The summed E-state index contributed by atoms with van der Waals surface area (Å²) in [7, 11) is 0. The van der Waals surface area contributed by atoms with E-state index in [1.807, 2.05) is 30.5 Å². The van der Waals surface area contributed by atoms with Gasteiger partial charge < -0.3 is 0 Å². The molecule has 0 saturated heterocycles. The predicted molar refractivity (Wildman–Crippen MR) is 228 cm³/mol. The lowest BCUT2D eigenvalue weighted by Crippen LogP contribution is -2.14. The number of pyridine rings is 1. The van der Waals surface area contributed by atoms with E-state index in [9.17, 15) is 0 Å². The normalized spacial score (nSPS) is 12.7. The number of rotatable bonds is 6. The van der Waals surface area contributed by atoms with Crippen LogP contribution in [-0.4, -0.2) is 15.0 Å². The summed E-state index contributed by atoms with van der Waals surface area (Å²) in [5, 5.41) is 2.33. The highest BCUT2D eigenvalue weighted by molar-refractivity contribution is 6.05. The molecule has 55 heavy (non-hydrogen) atoms. The van der Waals surface area contributed by atoms with Crippen LogP contribution in [0.2, 0.25) is 0 Å². The minimum absolute atomic E-state index is 0.0290. The molecular weight excluding hydrogens is 667 g/mol. The zero-order chi connectivity index (χ0) is 36.9. The number of benzene rings is 7. The van der Waals surface area contributed by atoms with E-state index in [1.165, 1.54) is 49.9 Å². The van der Waals surface area contributed by atoms with E-state index in [0.717, 1.165) is 44.6 Å². The molecule has 0 saturated carbocycles. The van der Waals surface area contributed by atoms with Crippen molar-refractivity contribution in [1.82, 2.24) is 15.0 Å². The second kappa shape index (κ2) is 13.2. The van der Waals surface area contributed by atoms with Gasteiger partial charge in [0, 0.05) is 40.1 Å². The van der Waals surface area contributed by atoms with Crippen molar-refractivity contribution in [2.75, 3.05) is 0 Å². The van der Waals surface area contributed by atoms with Gasteiger partial charge in [0.2, 0.25) is 0 Å². The van der Waals surface area contributed by atoms with Crippen LogP contribution in [0.1, 0.15) is 25.0 Å². The molecule has 260 valence electrons. The third-order valence-electron chi connectivity index (χ3n) is 11.2. The van der Waals surface area contributed by atoms with Crippen LogP contribution in [0, 0.1) is 0 Å². The molecule has 2 heterocycles. The fourth-order valence-electron chi connectivity index (χ4n) is 8.44. The lowest BCUT2D eigenvalue weighted by molar-refractivity contribution is 0.660. The van der Waals surface area contributed by atoms with Crippen molar-refractivity contribution in [3.63, 3.8) is 0 Å². The molecule has 0 radical (unpaired) electrons. The summed E-state index contributed by atoms with van der Waals surface area (Å²) in [4.78, 5) is 14.7. The summed E-state index contributed by atoms with van der Waals surface area (Å²) < 4.78 is 0. The molecule has 2 aromatic heterocycles. The Hall–Kier alpha value is -6.97. The molecule has 9 aromatic rings. The van der Waals surface area contributed by atoms with Crippen LogP contribution in [-0.2, 0) is 5.41 Å². The monoisotopic (exact) mass is 703 g/mol. The Kier molecular flexibility index (Phi) is 7.81. The summed E-state index contributed by atoms with van der Waals surface area (Å²) in [6, 6.07) is 62.8. The molecule has 3 heteroatoms. The Labute approximate surface area is 321 Å². The maximum atomic E-state index is 5.21. The standard InChI is InChI=1S/C52H37N3/c1-52(2)46-22-9-8-20-45(46)50-41(21-11-23-47(50)52)35-26-24-34(25-27-35)40-28-29-44(43-19-7-6-18-42(40)43)49-32-48(54-51(55-49)36-13-4-3-5-14-36)38-16-10-15-37(31-38)39-17-12-30-53-33-39/h3-33H,1-2H3. The van der Waals surface area contributed by atoms with Crippen LogP contribution in [0.25, 0.3) is 89.2 Å². The average molecular weight is 704 g/mol. The van der Waals surface area contributed by atoms with Crippen LogP contribution in [0.3, 0.4) is 0 Å². The van der Waals surface area contributed by atoms with Crippen LogP contribution in [0.15, 0.2) is 188 Å². The van der Waals surface area contributed by atoms with Gasteiger partial charge in [-0.25, -0.2) is 9.97 Å². The molecule has 0 amide bonds. The van der Waals surface area contributed by atoms with Gasteiger partial charge in [0.05, 0.1) is 11.4 Å². The van der Waals surface area contributed by atoms with Crippen molar-refractivity contribution in [2.24, 2.45) is 0 Å². The first-order chi connectivity index (χ1) is 27.0. The van der Waals surface area contributed by atoms with Gasteiger partial charge in [0.15, 0.2) is 5.82 Å². The van der Waals surface area contributed by atoms with Crippen molar-refractivity contribution < 1.29 is 0 Å². The smallest absolute Gasteiger partial charge is 0.160 e. The van der Waals surface area contributed by atoms with Crippen LogP contribution < -0.4 is 0 Å². The molecule has 0 spiro atoms. The summed E-state index contributed by atoms with van der Waals surface area (Å²) in [5.41, 5.74) is 17.3. The lowest BCUT2D eigenvalue weighted by Gasteiger charge is -2.21. The Morgan fingerprint density at radius 2 is 0.982 bits per heavy atom. The second-order valence-electron chi connectivity index (χ2n) is 14.8. The average Bonchev–Trinajstić information content (AvgIpc) is 3.50. The fraction of sp³-hybridized carbons (Fsp3) is 0.0577. The van der Waals surface area contributed by atoms with E-state index >= 15 is 0 Å². The van der Waals surface area contributed by atoms with Gasteiger partial charge >= 0.3 is 0 Å². The van der Waals surface area contributed by atoms with Crippen molar-refractivity contribution in [1.29, 1.82) is 0 Å². The highest BCUT2D eigenvalue weighted by atomic mass is 14.9. The zero-order valence-corrected chi connectivity index (χ0v) is 30.7. The summed E-state index contributed by atoms with van der Waals surface area (Å²) in [6.45, 7) is 4.68. The zero-order valence-electron chi connectivity index (χ0n) is 30.7. The van der Waals surface area contributed by atoms with Crippen LogP contribution in [0.4, 0.5) is 0 Å². The van der Waals surface area contributed by atoms with Gasteiger partial charge in [0.25, 0.3) is 0 Å². The minimum atomic E-state index is -0.0290. The van der Waals surface area contributed by atoms with Gasteiger partial charge in [0.1, 0.15) is 0 Å². The molecule has 0 aliphatic heterocycles. The second-order valence-corrected chi connectivity index (χ2v) is 14.8. The molecule has 0 atom stereocenters. The number of hydrogen-bond acceptors (Lipinski definition) is 3. The molecule has 1 aliphatic rings. The third kappa shape index (κ3) is 5.64. The van der Waals surface area contributed by atoms with Crippen molar-refractivity contribution in [2.45, 2.75) is 19.3 Å². The van der Waals surface area contributed by atoms with E-state index in [4.69, 9.17) is 9.97 Å². The Bertz CT molecular complexity index is 2870. The van der Waals surface area contributed by atoms with Crippen LogP contribution in [0.5, 0.6) is 0 Å². The molecule has 3 nitrogen and oxygen atoms in total. The SMILES string of the molecule is CC1(C)c2ccccc2-c2c(-c3ccc(-c4ccc(-c5cc(-c6cccc(-c7cccnc7)c6)nc(-c6ccccc6)n5)c5ccccc45)cc3)cccc21. The van der Waals surface area contributed by atoms with Crippen molar-refractivity contribution in [3.05, 3.63) is 199 Å². The van der Waals surface area contributed by atoms with Crippen LogP contribution >= 0.6 is 0 Å². The Morgan fingerprint density at radius 3 is 1.78 bits per heavy atom. The van der Waals surface area contributed by atoms with E-state index < -0.39 is 0 Å². The van der Waals surface area contributed by atoms with Gasteiger partial charge in [-0.1, -0.05) is 172 Å². The molecular formula is C52H37N3. The van der Waals surface area contributed by atoms with Gasteiger partial charge in [-0.2, -0.15) is 0 Å². The summed E-state index contributed by atoms with van der Waals surface area (Å²) in [6.07, 6.45) is 3.70. The molecule has 0 unspecified atom stereocenters. The van der Waals surface area contributed by atoms with E-state index in [1.54, 1.807) is 6.20 Å². The van der Waals surface area contributed by atoms with Crippen molar-refractivity contribution >= 4 is 10.8 Å². The Morgan fingerprint density at radius 1 is 0.382 bits per heavy atom. The third-order valence-corrected chi connectivity index (χ3v) is 11.2. The number of hydrogen-bond donors (Lipinski definition) is 0. The molecule has 0 fully saturated rings. The number of fused-ring (bicyclic) bond motifs is 4. The Balaban J connectivity index is 1.07. The molecule has 7 aromatic carbocycles. The highest BCUT2D eigenvalue weighted by Gasteiger charge is 2.36. The fourth-order valence-corrected chi connectivity index (χ4v) is 8.44. The maximum Gasteiger partial charge on any atom is 0.160 e. The summed E-state index contributed by atoms with van der Waals surface area (Å²) in [5.74, 6) is 0.696. The molecule has 10 rings (SSSR count). The summed E-state index contributed by atoms with van der Waals surface area (Å²) >= 11 is 0. The number of nitrogens with zero attached hydrogens (tertiary/aromatic N) is 3. The quantitative estimate of drug-likeness (QED) is 0.173.